The second kappa shape index (κ2) is 6.40. The third-order valence-electron chi connectivity index (χ3n) is 3.73. The number of hydrogen-bond acceptors (Lipinski definition) is 6. The van der Waals surface area contributed by atoms with Crippen molar-refractivity contribution in [3.8, 4) is 5.75 Å². The summed E-state index contributed by atoms with van der Waals surface area (Å²) in [5.41, 5.74) is 1.52. The van der Waals surface area contributed by atoms with Gasteiger partial charge in [0.05, 0.1) is 15.5 Å². The van der Waals surface area contributed by atoms with E-state index in [0.717, 1.165) is 16.7 Å². The topological polar surface area (TPSA) is 101 Å². The number of phenolic OH excluding ortho intramolecular Hbond substituents is 1. The van der Waals surface area contributed by atoms with E-state index in [4.69, 9.17) is 0 Å². The molecular formula is C17H12N2O5S. The van der Waals surface area contributed by atoms with E-state index in [1.54, 1.807) is 19.1 Å². The van der Waals surface area contributed by atoms with Crippen LogP contribution in [0.15, 0.2) is 53.4 Å². The lowest BCUT2D eigenvalue weighted by molar-refractivity contribution is -0.384. The van der Waals surface area contributed by atoms with E-state index in [1.165, 1.54) is 36.4 Å². The molecule has 2 aromatic rings. The van der Waals surface area contributed by atoms with E-state index in [9.17, 15) is 24.8 Å². The maximum absolute atomic E-state index is 12.6. The van der Waals surface area contributed by atoms with Crippen molar-refractivity contribution < 1.29 is 19.6 Å². The van der Waals surface area contributed by atoms with Gasteiger partial charge >= 0.3 is 0 Å². The van der Waals surface area contributed by atoms with E-state index in [1.807, 2.05) is 0 Å². The van der Waals surface area contributed by atoms with Gasteiger partial charge in [-0.3, -0.25) is 19.7 Å². The second-order valence-electron chi connectivity index (χ2n) is 5.28. The minimum atomic E-state index is -0.502. The summed E-state index contributed by atoms with van der Waals surface area (Å²) in [6.45, 7) is 1.69. The van der Waals surface area contributed by atoms with Gasteiger partial charge in [0.1, 0.15) is 5.75 Å². The first-order valence-corrected chi connectivity index (χ1v) is 8.01. The zero-order chi connectivity index (χ0) is 18.1. The van der Waals surface area contributed by atoms with Gasteiger partial charge in [-0.1, -0.05) is 0 Å². The molecule has 0 spiro atoms. The van der Waals surface area contributed by atoms with Crippen LogP contribution in [0.5, 0.6) is 5.75 Å². The van der Waals surface area contributed by atoms with Gasteiger partial charge < -0.3 is 5.11 Å². The number of phenols is 1. The smallest absolute Gasteiger partial charge is 0.298 e. The molecule has 2 aromatic carbocycles. The number of anilines is 1. The van der Waals surface area contributed by atoms with E-state index in [0.29, 0.717) is 16.8 Å². The van der Waals surface area contributed by atoms with Gasteiger partial charge in [0.25, 0.3) is 16.8 Å². The Kier molecular flexibility index (Phi) is 4.28. The molecule has 7 nitrogen and oxygen atoms in total. The molecule has 0 atom stereocenters. The van der Waals surface area contributed by atoms with Gasteiger partial charge in [0.2, 0.25) is 0 Å². The van der Waals surface area contributed by atoms with Crippen LogP contribution < -0.4 is 4.90 Å². The van der Waals surface area contributed by atoms with Crippen molar-refractivity contribution in [2.75, 3.05) is 4.90 Å². The number of carbonyl (C=O) groups excluding carboxylic acids is 2. The summed E-state index contributed by atoms with van der Waals surface area (Å²) < 4.78 is 0. The molecule has 1 aliphatic heterocycles. The van der Waals surface area contributed by atoms with Crippen molar-refractivity contribution in [2.45, 2.75) is 6.92 Å². The Morgan fingerprint density at radius 1 is 1.08 bits per heavy atom. The molecule has 25 heavy (non-hydrogen) atoms. The summed E-state index contributed by atoms with van der Waals surface area (Å²) in [7, 11) is 0. The Morgan fingerprint density at radius 3 is 2.24 bits per heavy atom. The SMILES string of the molecule is C/C(=C1/SC(=O)N(c2ccc(O)cc2)C1=O)c1ccc([N+](=O)[O-])cc1. The highest BCUT2D eigenvalue weighted by atomic mass is 32.2. The monoisotopic (exact) mass is 356 g/mol. The van der Waals surface area contributed by atoms with Crippen LogP contribution in [0.1, 0.15) is 12.5 Å². The van der Waals surface area contributed by atoms with E-state index in [2.05, 4.69) is 0 Å². The van der Waals surface area contributed by atoms with Crippen LogP contribution in [0.4, 0.5) is 16.2 Å². The average Bonchev–Trinajstić information content (AvgIpc) is 2.90. The highest BCUT2D eigenvalue weighted by Gasteiger charge is 2.37. The molecule has 0 aliphatic carbocycles. The van der Waals surface area contributed by atoms with Crippen LogP contribution in [-0.4, -0.2) is 21.2 Å². The number of nitro benzene ring substituents is 1. The van der Waals surface area contributed by atoms with Crippen molar-refractivity contribution in [3.63, 3.8) is 0 Å². The van der Waals surface area contributed by atoms with Crippen molar-refractivity contribution >= 4 is 39.9 Å². The number of hydrogen-bond donors (Lipinski definition) is 1. The lowest BCUT2D eigenvalue weighted by Crippen LogP contribution is -2.27. The molecule has 0 radical (unpaired) electrons. The Hall–Kier alpha value is -3.13. The van der Waals surface area contributed by atoms with Gasteiger partial charge in [-0.05, 0) is 66.2 Å². The fourth-order valence-corrected chi connectivity index (χ4v) is 3.29. The van der Waals surface area contributed by atoms with Crippen LogP contribution in [0.3, 0.4) is 0 Å². The molecule has 126 valence electrons. The number of rotatable bonds is 3. The number of thioether (sulfide) groups is 1. The molecule has 1 N–H and O–H groups in total. The van der Waals surface area contributed by atoms with Gasteiger partial charge in [-0.25, -0.2) is 4.90 Å². The van der Waals surface area contributed by atoms with Crippen molar-refractivity contribution in [2.24, 2.45) is 0 Å². The third kappa shape index (κ3) is 3.11. The largest absolute Gasteiger partial charge is 0.508 e. The van der Waals surface area contributed by atoms with Crippen molar-refractivity contribution in [3.05, 3.63) is 69.1 Å². The molecule has 0 bridgehead atoms. The molecule has 2 amide bonds. The summed E-state index contributed by atoms with van der Waals surface area (Å²) >= 11 is 0.815. The number of allylic oxidation sites excluding steroid dienone is 1. The fraction of sp³-hybridized carbons (Fsp3) is 0.0588. The highest BCUT2D eigenvalue weighted by Crippen LogP contribution is 2.39. The third-order valence-corrected chi connectivity index (χ3v) is 4.77. The second-order valence-corrected chi connectivity index (χ2v) is 6.24. The number of nitrogens with zero attached hydrogens (tertiary/aromatic N) is 2. The summed E-state index contributed by atoms with van der Waals surface area (Å²) in [5, 5.41) is 19.6. The lowest BCUT2D eigenvalue weighted by Gasteiger charge is -2.12. The molecule has 8 heteroatoms. The van der Waals surface area contributed by atoms with Gasteiger partial charge in [0.15, 0.2) is 0 Å². The maximum atomic E-state index is 12.6. The molecule has 1 saturated heterocycles. The Labute approximate surface area is 146 Å². The van der Waals surface area contributed by atoms with Crippen LogP contribution in [-0.2, 0) is 4.79 Å². The lowest BCUT2D eigenvalue weighted by atomic mass is 10.1. The summed E-state index contributed by atoms with van der Waals surface area (Å²) in [6, 6.07) is 11.5. The van der Waals surface area contributed by atoms with Crippen LogP contribution in [0.2, 0.25) is 0 Å². The predicted molar refractivity (Wildman–Crippen MR) is 94.3 cm³/mol. The minimum Gasteiger partial charge on any atom is -0.508 e. The zero-order valence-corrected chi connectivity index (χ0v) is 13.8. The van der Waals surface area contributed by atoms with Crippen molar-refractivity contribution in [1.29, 1.82) is 0 Å². The Morgan fingerprint density at radius 2 is 1.68 bits per heavy atom. The van der Waals surface area contributed by atoms with Gasteiger partial charge in [0, 0.05) is 12.1 Å². The van der Waals surface area contributed by atoms with Crippen LogP contribution in [0.25, 0.3) is 5.57 Å². The first-order chi connectivity index (χ1) is 11.9. The summed E-state index contributed by atoms with van der Waals surface area (Å²) in [5.74, 6) is -0.426. The number of carbonyl (C=O) groups is 2. The van der Waals surface area contributed by atoms with Crippen molar-refractivity contribution in [1.82, 2.24) is 0 Å². The molecule has 0 saturated carbocycles. The number of aromatic hydroxyl groups is 1. The van der Waals surface area contributed by atoms with E-state index >= 15 is 0 Å². The molecular weight excluding hydrogens is 344 g/mol. The number of amides is 2. The summed E-state index contributed by atoms with van der Waals surface area (Å²) in [4.78, 5) is 36.4. The number of benzene rings is 2. The maximum Gasteiger partial charge on any atom is 0.298 e. The van der Waals surface area contributed by atoms with Gasteiger partial charge in [-0.2, -0.15) is 0 Å². The quantitative estimate of drug-likeness (QED) is 0.508. The van der Waals surface area contributed by atoms with Crippen LogP contribution in [0, 0.1) is 10.1 Å². The first kappa shape index (κ1) is 16.7. The predicted octanol–water partition coefficient (Wildman–Crippen LogP) is 3.93. The number of non-ortho nitro benzene ring substituents is 1. The fourth-order valence-electron chi connectivity index (χ4n) is 2.39. The zero-order valence-electron chi connectivity index (χ0n) is 13.0. The molecule has 0 unspecified atom stereocenters. The molecule has 0 aromatic heterocycles. The Bertz CT molecular complexity index is 904. The summed E-state index contributed by atoms with van der Waals surface area (Å²) in [6.07, 6.45) is 0. The standard InChI is InChI=1S/C17H12N2O5S/c1-10(11-2-4-13(5-3-11)19(23)24)15-16(21)18(17(22)25-15)12-6-8-14(20)9-7-12/h2-9,20H,1H3/b15-10-. The molecule has 1 aliphatic rings. The molecule has 1 fully saturated rings. The molecule has 1 heterocycles. The van der Waals surface area contributed by atoms with Crippen LogP contribution >= 0.6 is 11.8 Å². The number of nitro groups is 1. The average molecular weight is 356 g/mol. The first-order valence-electron chi connectivity index (χ1n) is 7.19. The highest BCUT2D eigenvalue weighted by molar-refractivity contribution is 8.19. The van der Waals surface area contributed by atoms with E-state index in [-0.39, 0.29) is 16.3 Å². The normalized spacial score (nSPS) is 16.3. The Balaban J connectivity index is 1.95. The number of imide groups is 1. The molecule has 3 rings (SSSR count). The van der Waals surface area contributed by atoms with Gasteiger partial charge in [-0.15, -0.1) is 0 Å². The minimum absolute atomic E-state index is 0.0355. The van der Waals surface area contributed by atoms with E-state index < -0.39 is 16.1 Å².